The summed E-state index contributed by atoms with van der Waals surface area (Å²) in [4.78, 5) is 24.8. The van der Waals surface area contributed by atoms with Crippen molar-refractivity contribution in [2.24, 2.45) is 10.8 Å². The van der Waals surface area contributed by atoms with Gasteiger partial charge in [0.25, 0.3) is 11.6 Å². The van der Waals surface area contributed by atoms with E-state index in [4.69, 9.17) is 15.2 Å². The minimum atomic E-state index is -0.607. The van der Waals surface area contributed by atoms with Crippen LogP contribution in [0.5, 0.6) is 11.5 Å². The minimum Gasteiger partial charge on any atom is -0.493 e. The van der Waals surface area contributed by atoms with Crippen molar-refractivity contribution >= 4 is 39.6 Å². The fourth-order valence-corrected chi connectivity index (χ4v) is 2.41. The summed E-state index contributed by atoms with van der Waals surface area (Å²) in [6, 6.07) is 6.10. The number of benzene rings is 1. The number of hydrazone groups is 1. The Morgan fingerprint density at radius 1 is 1.50 bits per heavy atom. The summed E-state index contributed by atoms with van der Waals surface area (Å²) < 4.78 is 11.1. The molecule has 0 aliphatic heterocycles. The third-order valence-electron chi connectivity index (χ3n) is 2.96. The SMILES string of the molecule is COc1cc(C=NNc2ccc([N+](=O)[O-])cn2)cc(Br)c1OCC(N)=O. The number of halogens is 1. The Morgan fingerprint density at radius 3 is 2.85 bits per heavy atom. The van der Waals surface area contributed by atoms with Crippen LogP contribution in [0.15, 0.2) is 40.0 Å². The highest BCUT2D eigenvalue weighted by atomic mass is 79.9. The number of hydrogen-bond donors (Lipinski definition) is 2. The molecule has 0 aliphatic rings. The van der Waals surface area contributed by atoms with Gasteiger partial charge in [0, 0.05) is 6.07 Å². The van der Waals surface area contributed by atoms with Gasteiger partial charge in [0.1, 0.15) is 12.0 Å². The summed E-state index contributed by atoms with van der Waals surface area (Å²) in [5.41, 5.74) is 8.27. The van der Waals surface area contributed by atoms with Crippen LogP contribution >= 0.6 is 15.9 Å². The number of aromatic nitrogens is 1. The molecule has 10 nitrogen and oxygen atoms in total. The molecule has 0 saturated heterocycles. The molecule has 3 N–H and O–H groups in total. The van der Waals surface area contributed by atoms with E-state index in [9.17, 15) is 14.9 Å². The Kier molecular flexibility index (Phi) is 6.44. The van der Waals surface area contributed by atoms with Crippen LogP contribution in [-0.4, -0.2) is 35.7 Å². The molecule has 11 heteroatoms. The molecule has 0 aliphatic carbocycles. The standard InChI is InChI=1S/C15H14BrN5O5/c1-25-12-5-9(4-11(16)15(12)26-8-13(17)22)6-19-20-14-3-2-10(7-18-14)21(23)24/h2-7H,8H2,1H3,(H2,17,22)(H,18,20). The number of hydrogen-bond acceptors (Lipinski definition) is 8. The Labute approximate surface area is 156 Å². The lowest BCUT2D eigenvalue weighted by atomic mass is 10.2. The number of carbonyl (C=O) groups is 1. The van der Waals surface area contributed by atoms with Gasteiger partial charge in [-0.2, -0.15) is 5.10 Å². The van der Waals surface area contributed by atoms with E-state index in [0.717, 1.165) is 6.20 Å². The number of rotatable bonds is 8. The number of methoxy groups -OCH3 is 1. The number of ether oxygens (including phenoxy) is 2. The van der Waals surface area contributed by atoms with Crippen molar-refractivity contribution in [3.63, 3.8) is 0 Å². The van der Waals surface area contributed by atoms with E-state index in [0.29, 0.717) is 27.4 Å². The van der Waals surface area contributed by atoms with Crippen molar-refractivity contribution in [3.8, 4) is 11.5 Å². The Bertz CT molecular complexity index is 841. The van der Waals surface area contributed by atoms with Crippen LogP contribution < -0.4 is 20.6 Å². The van der Waals surface area contributed by atoms with Crippen LogP contribution in [0, 0.1) is 10.1 Å². The maximum absolute atomic E-state index is 10.9. The van der Waals surface area contributed by atoms with Gasteiger partial charge in [0.15, 0.2) is 18.1 Å². The zero-order chi connectivity index (χ0) is 19.1. The normalized spacial score (nSPS) is 10.5. The number of primary amides is 1. The first-order chi connectivity index (χ1) is 12.4. The molecule has 0 bridgehead atoms. The predicted molar refractivity (Wildman–Crippen MR) is 97.5 cm³/mol. The first-order valence-electron chi connectivity index (χ1n) is 7.09. The second kappa shape index (κ2) is 8.76. The molecule has 0 atom stereocenters. The molecule has 1 heterocycles. The van der Waals surface area contributed by atoms with Gasteiger partial charge in [-0.15, -0.1) is 0 Å². The molecule has 1 aromatic carbocycles. The fourth-order valence-electron chi connectivity index (χ4n) is 1.83. The van der Waals surface area contributed by atoms with Gasteiger partial charge >= 0.3 is 0 Å². The average molecular weight is 424 g/mol. The third-order valence-corrected chi connectivity index (χ3v) is 3.55. The topological polar surface area (TPSA) is 142 Å². The summed E-state index contributed by atoms with van der Waals surface area (Å²) in [7, 11) is 1.46. The summed E-state index contributed by atoms with van der Waals surface area (Å²) in [6.07, 6.45) is 2.62. The minimum absolute atomic E-state index is 0.111. The number of amides is 1. The Hall–Kier alpha value is -3.21. The zero-order valence-corrected chi connectivity index (χ0v) is 15.1. The van der Waals surface area contributed by atoms with Gasteiger partial charge in [0.05, 0.1) is 22.7 Å². The van der Waals surface area contributed by atoms with Crippen molar-refractivity contribution in [2.75, 3.05) is 19.1 Å². The maximum atomic E-state index is 10.9. The Morgan fingerprint density at radius 2 is 2.27 bits per heavy atom. The van der Waals surface area contributed by atoms with E-state index in [-0.39, 0.29) is 12.3 Å². The summed E-state index contributed by atoms with van der Waals surface area (Å²) in [5.74, 6) is 0.465. The predicted octanol–water partition coefficient (Wildman–Crippen LogP) is 2.07. The molecule has 0 radical (unpaired) electrons. The summed E-state index contributed by atoms with van der Waals surface area (Å²) >= 11 is 3.33. The molecule has 1 amide bonds. The molecule has 2 rings (SSSR count). The molecule has 2 aromatic rings. The highest BCUT2D eigenvalue weighted by molar-refractivity contribution is 9.10. The first kappa shape index (κ1) is 19.1. The van der Waals surface area contributed by atoms with Crippen LogP contribution in [-0.2, 0) is 4.79 Å². The molecule has 136 valence electrons. The molecule has 1 aromatic heterocycles. The van der Waals surface area contributed by atoms with Gasteiger partial charge in [-0.25, -0.2) is 4.98 Å². The lowest BCUT2D eigenvalue weighted by Crippen LogP contribution is -2.20. The zero-order valence-electron chi connectivity index (χ0n) is 13.5. The maximum Gasteiger partial charge on any atom is 0.287 e. The van der Waals surface area contributed by atoms with Gasteiger partial charge < -0.3 is 15.2 Å². The van der Waals surface area contributed by atoms with E-state index < -0.39 is 10.8 Å². The van der Waals surface area contributed by atoms with E-state index in [2.05, 4.69) is 31.4 Å². The number of nitrogens with zero attached hydrogens (tertiary/aromatic N) is 3. The van der Waals surface area contributed by atoms with Gasteiger partial charge in [0.2, 0.25) is 0 Å². The molecular weight excluding hydrogens is 410 g/mol. The van der Waals surface area contributed by atoms with E-state index in [1.54, 1.807) is 12.1 Å². The summed E-state index contributed by atoms with van der Waals surface area (Å²) in [6.45, 7) is -0.282. The van der Waals surface area contributed by atoms with Gasteiger partial charge in [-0.3, -0.25) is 20.3 Å². The second-order valence-corrected chi connectivity index (χ2v) is 5.67. The second-order valence-electron chi connectivity index (χ2n) is 4.82. The smallest absolute Gasteiger partial charge is 0.287 e. The van der Waals surface area contributed by atoms with Gasteiger partial charge in [-0.05, 0) is 39.7 Å². The van der Waals surface area contributed by atoms with Crippen molar-refractivity contribution in [2.45, 2.75) is 0 Å². The van der Waals surface area contributed by atoms with Crippen LogP contribution in [0.1, 0.15) is 5.56 Å². The lowest BCUT2D eigenvalue weighted by Gasteiger charge is -2.12. The van der Waals surface area contributed by atoms with E-state index in [1.807, 2.05) is 0 Å². The molecule has 0 spiro atoms. The molecule has 0 saturated carbocycles. The van der Waals surface area contributed by atoms with Crippen LogP contribution in [0.4, 0.5) is 11.5 Å². The van der Waals surface area contributed by atoms with Crippen LogP contribution in [0.2, 0.25) is 0 Å². The summed E-state index contributed by atoms with van der Waals surface area (Å²) in [5, 5.41) is 14.6. The highest BCUT2D eigenvalue weighted by Gasteiger charge is 2.12. The Balaban J connectivity index is 2.10. The lowest BCUT2D eigenvalue weighted by molar-refractivity contribution is -0.385. The number of pyridine rings is 1. The number of anilines is 1. The molecule has 26 heavy (non-hydrogen) atoms. The van der Waals surface area contributed by atoms with E-state index >= 15 is 0 Å². The molecule has 0 unspecified atom stereocenters. The fraction of sp³-hybridized carbons (Fsp3) is 0.133. The van der Waals surface area contributed by atoms with Gasteiger partial charge in [-0.1, -0.05) is 0 Å². The van der Waals surface area contributed by atoms with Crippen molar-refractivity contribution in [1.82, 2.24) is 4.98 Å². The van der Waals surface area contributed by atoms with Crippen molar-refractivity contribution in [1.29, 1.82) is 0 Å². The van der Waals surface area contributed by atoms with Crippen LogP contribution in [0.3, 0.4) is 0 Å². The average Bonchev–Trinajstić information content (AvgIpc) is 2.60. The monoisotopic (exact) mass is 423 g/mol. The quantitative estimate of drug-likeness (QED) is 0.375. The van der Waals surface area contributed by atoms with Crippen LogP contribution in [0.25, 0.3) is 0 Å². The van der Waals surface area contributed by atoms with E-state index in [1.165, 1.54) is 25.5 Å². The third kappa shape index (κ3) is 5.14. The highest BCUT2D eigenvalue weighted by Crippen LogP contribution is 2.36. The van der Waals surface area contributed by atoms with Crippen molar-refractivity contribution in [3.05, 3.63) is 50.6 Å². The first-order valence-corrected chi connectivity index (χ1v) is 7.88. The number of carbonyl (C=O) groups excluding carboxylic acids is 1. The number of nitrogens with two attached hydrogens (primary N) is 1. The molecular formula is C15H14BrN5O5. The number of nitro groups is 1. The van der Waals surface area contributed by atoms with Crippen molar-refractivity contribution < 1.29 is 19.2 Å². The molecule has 0 fully saturated rings. The largest absolute Gasteiger partial charge is 0.493 e. The number of nitrogens with one attached hydrogen (secondary N) is 1.